The molecule has 1 N–H and O–H groups in total. The molecule has 22 heavy (non-hydrogen) atoms. The molecular formula is C16H20BrF3N2. The van der Waals surface area contributed by atoms with Crippen molar-refractivity contribution >= 4 is 15.9 Å². The van der Waals surface area contributed by atoms with E-state index in [0.29, 0.717) is 16.5 Å². The number of halogens is 4. The lowest BCUT2D eigenvalue weighted by Crippen LogP contribution is -2.45. The average Bonchev–Trinajstić information content (AvgIpc) is 2.45. The van der Waals surface area contributed by atoms with Gasteiger partial charge in [-0.25, -0.2) is 0 Å². The van der Waals surface area contributed by atoms with Crippen LogP contribution in [0, 0.1) is 0 Å². The van der Waals surface area contributed by atoms with Gasteiger partial charge in [-0.05, 0) is 37.1 Å². The first-order valence-electron chi connectivity index (χ1n) is 7.25. The average molecular weight is 377 g/mol. The number of hydrogen-bond acceptors (Lipinski definition) is 2. The predicted molar refractivity (Wildman–Crippen MR) is 85.8 cm³/mol. The zero-order valence-electron chi connectivity index (χ0n) is 12.5. The van der Waals surface area contributed by atoms with E-state index in [4.69, 9.17) is 0 Å². The van der Waals surface area contributed by atoms with E-state index in [1.165, 1.54) is 12.1 Å². The van der Waals surface area contributed by atoms with Gasteiger partial charge in [0.05, 0.1) is 5.56 Å². The van der Waals surface area contributed by atoms with Crippen molar-refractivity contribution < 1.29 is 13.2 Å². The normalized spacial score (nSPS) is 18.2. The predicted octanol–water partition coefficient (Wildman–Crippen LogP) is 4.38. The Morgan fingerprint density at radius 1 is 1.36 bits per heavy atom. The van der Waals surface area contributed by atoms with Crippen LogP contribution in [0.3, 0.4) is 0 Å². The molecule has 1 aliphatic rings. The number of benzene rings is 1. The van der Waals surface area contributed by atoms with Crippen molar-refractivity contribution in [3.8, 4) is 0 Å². The number of nitrogens with one attached hydrogen (secondary N) is 1. The molecule has 0 aromatic heterocycles. The Morgan fingerprint density at radius 2 is 2.00 bits per heavy atom. The highest BCUT2D eigenvalue weighted by Gasteiger charge is 2.32. The number of alkyl halides is 3. The van der Waals surface area contributed by atoms with Gasteiger partial charge in [-0.1, -0.05) is 21.5 Å². The third-order valence-electron chi connectivity index (χ3n) is 3.82. The molecule has 1 aliphatic heterocycles. The fourth-order valence-corrected chi connectivity index (χ4v) is 3.25. The molecule has 1 aromatic rings. The van der Waals surface area contributed by atoms with E-state index < -0.39 is 11.7 Å². The molecule has 0 radical (unpaired) electrons. The van der Waals surface area contributed by atoms with Crippen molar-refractivity contribution in [2.75, 3.05) is 26.2 Å². The minimum Gasteiger partial charge on any atom is -0.314 e. The topological polar surface area (TPSA) is 15.3 Å². The molecule has 0 aliphatic carbocycles. The Balaban J connectivity index is 2.39. The minimum atomic E-state index is -4.33. The van der Waals surface area contributed by atoms with Gasteiger partial charge in [-0.2, -0.15) is 13.2 Å². The van der Waals surface area contributed by atoms with Crippen molar-refractivity contribution in [1.82, 2.24) is 10.2 Å². The van der Waals surface area contributed by atoms with Crippen LogP contribution in [0.2, 0.25) is 0 Å². The molecule has 1 fully saturated rings. The van der Waals surface area contributed by atoms with Crippen LogP contribution in [-0.4, -0.2) is 31.1 Å². The molecule has 122 valence electrons. The summed E-state index contributed by atoms with van der Waals surface area (Å²) in [6.45, 7) is 9.19. The lowest BCUT2D eigenvalue weighted by molar-refractivity contribution is -0.137. The summed E-state index contributed by atoms with van der Waals surface area (Å²) in [6.07, 6.45) is -3.67. The van der Waals surface area contributed by atoms with E-state index >= 15 is 0 Å². The lowest BCUT2D eigenvalue weighted by atomic mass is 9.96. The Morgan fingerprint density at radius 3 is 2.55 bits per heavy atom. The highest BCUT2D eigenvalue weighted by molar-refractivity contribution is 9.10. The summed E-state index contributed by atoms with van der Waals surface area (Å²) in [4.78, 5) is 2.23. The summed E-state index contributed by atoms with van der Waals surface area (Å²) in [5.74, 6) is 0. The van der Waals surface area contributed by atoms with Crippen LogP contribution in [0.1, 0.15) is 30.5 Å². The second-order valence-corrected chi connectivity index (χ2v) is 6.55. The molecule has 0 bridgehead atoms. The second kappa shape index (κ2) is 7.15. The molecule has 0 saturated carbocycles. The van der Waals surface area contributed by atoms with Crippen LogP contribution < -0.4 is 5.32 Å². The molecule has 0 spiro atoms. The largest absolute Gasteiger partial charge is 0.416 e. The summed E-state index contributed by atoms with van der Waals surface area (Å²) in [7, 11) is 0. The van der Waals surface area contributed by atoms with E-state index in [1.54, 1.807) is 0 Å². The van der Waals surface area contributed by atoms with E-state index in [0.717, 1.165) is 37.8 Å². The van der Waals surface area contributed by atoms with Gasteiger partial charge in [0, 0.05) is 36.7 Å². The first kappa shape index (κ1) is 17.5. The van der Waals surface area contributed by atoms with Gasteiger partial charge < -0.3 is 5.32 Å². The van der Waals surface area contributed by atoms with E-state index in [1.807, 2.05) is 6.92 Å². The van der Waals surface area contributed by atoms with Gasteiger partial charge >= 0.3 is 6.18 Å². The van der Waals surface area contributed by atoms with Crippen LogP contribution in [0.15, 0.2) is 34.8 Å². The van der Waals surface area contributed by atoms with Crippen molar-refractivity contribution in [3.63, 3.8) is 0 Å². The van der Waals surface area contributed by atoms with Gasteiger partial charge in [-0.3, -0.25) is 4.90 Å². The van der Waals surface area contributed by atoms with Crippen molar-refractivity contribution in [2.45, 2.75) is 25.6 Å². The SMILES string of the molecule is C=C(C)C[C@@H](c1cc(C(F)(F)F)ccc1Br)N1CCNCC1. The summed E-state index contributed by atoms with van der Waals surface area (Å²) in [6, 6.07) is 3.78. The summed E-state index contributed by atoms with van der Waals surface area (Å²) in [5.41, 5.74) is 1.04. The van der Waals surface area contributed by atoms with Crippen molar-refractivity contribution in [3.05, 3.63) is 46.0 Å². The van der Waals surface area contributed by atoms with Crippen LogP contribution in [0.25, 0.3) is 0 Å². The maximum absolute atomic E-state index is 13.0. The highest BCUT2D eigenvalue weighted by Crippen LogP contribution is 2.37. The fraction of sp³-hybridized carbons (Fsp3) is 0.500. The summed E-state index contributed by atoms with van der Waals surface area (Å²) in [5, 5.41) is 3.27. The standard InChI is InChI=1S/C16H20BrF3N2/c1-11(2)9-15(22-7-5-21-6-8-22)13-10-12(16(18,19)20)3-4-14(13)17/h3-4,10,15,21H,1,5-9H2,2H3/t15-/m0/s1. The Kier molecular flexibility index (Phi) is 5.69. The van der Waals surface area contributed by atoms with Crippen molar-refractivity contribution in [2.24, 2.45) is 0 Å². The van der Waals surface area contributed by atoms with Gasteiger partial charge in [0.1, 0.15) is 0 Å². The van der Waals surface area contributed by atoms with Gasteiger partial charge in [0.25, 0.3) is 0 Å². The van der Waals surface area contributed by atoms with Crippen molar-refractivity contribution in [1.29, 1.82) is 0 Å². The lowest BCUT2D eigenvalue weighted by Gasteiger charge is -2.36. The zero-order valence-corrected chi connectivity index (χ0v) is 14.1. The number of nitrogens with zero attached hydrogens (tertiary/aromatic N) is 1. The summed E-state index contributed by atoms with van der Waals surface area (Å²) >= 11 is 3.42. The first-order chi connectivity index (χ1) is 10.3. The molecule has 6 heteroatoms. The Labute approximate surface area is 137 Å². The molecule has 2 rings (SSSR count). The fourth-order valence-electron chi connectivity index (χ4n) is 2.74. The molecule has 1 aromatic carbocycles. The van der Waals surface area contributed by atoms with Crippen LogP contribution in [0.4, 0.5) is 13.2 Å². The molecule has 1 heterocycles. The molecular weight excluding hydrogens is 357 g/mol. The Hall–Kier alpha value is -0.850. The Bertz CT molecular complexity index is 537. The number of hydrogen-bond donors (Lipinski definition) is 1. The van der Waals surface area contributed by atoms with Crippen LogP contribution in [-0.2, 0) is 6.18 Å². The molecule has 1 saturated heterocycles. The smallest absolute Gasteiger partial charge is 0.314 e. The number of piperazine rings is 1. The maximum Gasteiger partial charge on any atom is 0.416 e. The van der Waals surface area contributed by atoms with Crippen LogP contribution in [0.5, 0.6) is 0 Å². The molecule has 0 unspecified atom stereocenters. The molecule has 2 nitrogen and oxygen atoms in total. The highest BCUT2D eigenvalue weighted by atomic mass is 79.9. The van der Waals surface area contributed by atoms with Gasteiger partial charge in [0.2, 0.25) is 0 Å². The van der Waals surface area contributed by atoms with Crippen LogP contribution >= 0.6 is 15.9 Å². The zero-order chi connectivity index (χ0) is 16.3. The maximum atomic E-state index is 13.0. The third-order valence-corrected chi connectivity index (χ3v) is 4.54. The van der Waals surface area contributed by atoms with Gasteiger partial charge in [0.15, 0.2) is 0 Å². The minimum absolute atomic E-state index is 0.0868. The van der Waals surface area contributed by atoms with E-state index in [9.17, 15) is 13.2 Å². The quantitative estimate of drug-likeness (QED) is 0.784. The van der Waals surface area contributed by atoms with E-state index in [2.05, 4.69) is 32.7 Å². The van der Waals surface area contributed by atoms with Gasteiger partial charge in [-0.15, -0.1) is 6.58 Å². The summed E-state index contributed by atoms with van der Waals surface area (Å²) < 4.78 is 39.7. The first-order valence-corrected chi connectivity index (χ1v) is 8.04. The number of rotatable bonds is 4. The van der Waals surface area contributed by atoms with E-state index in [-0.39, 0.29) is 6.04 Å². The molecule has 1 atom stereocenters. The second-order valence-electron chi connectivity index (χ2n) is 5.70. The molecule has 0 amide bonds. The third kappa shape index (κ3) is 4.33. The monoisotopic (exact) mass is 376 g/mol.